The second kappa shape index (κ2) is 5.87. The zero-order chi connectivity index (χ0) is 18.6. The number of hydrogen-bond donors (Lipinski definition) is 1. The molecular formula is C17H15FN4O3S. The molecule has 0 saturated heterocycles. The average molecular weight is 374 g/mol. The summed E-state index contributed by atoms with van der Waals surface area (Å²) in [5.41, 5.74) is 0.528. The quantitative estimate of drug-likeness (QED) is 0.744. The molecule has 1 amide bonds. The first-order chi connectivity index (χ1) is 12.4. The number of aliphatic carboxylic acids is 1. The van der Waals surface area contributed by atoms with Crippen LogP contribution in [0.2, 0.25) is 0 Å². The number of carbonyl (C=O) groups excluding carboxylic acids is 1. The Morgan fingerprint density at radius 2 is 2.08 bits per heavy atom. The van der Waals surface area contributed by atoms with Gasteiger partial charge in [0.1, 0.15) is 17.7 Å². The molecule has 26 heavy (non-hydrogen) atoms. The maximum atomic E-state index is 14.1. The van der Waals surface area contributed by atoms with E-state index in [1.807, 2.05) is 0 Å². The van der Waals surface area contributed by atoms with Crippen LogP contribution in [0.1, 0.15) is 26.9 Å². The first-order valence-electron chi connectivity index (χ1n) is 7.98. The molecule has 3 heterocycles. The highest BCUT2D eigenvalue weighted by Gasteiger charge is 2.38. The average Bonchev–Trinajstić information content (AvgIpc) is 3.14. The van der Waals surface area contributed by atoms with Crippen molar-refractivity contribution in [1.29, 1.82) is 0 Å². The highest BCUT2D eigenvalue weighted by atomic mass is 32.1. The summed E-state index contributed by atoms with van der Waals surface area (Å²) in [6.07, 6.45) is 0. The lowest BCUT2D eigenvalue weighted by Gasteiger charge is -2.33. The van der Waals surface area contributed by atoms with Crippen molar-refractivity contribution in [3.05, 3.63) is 46.1 Å². The number of thiophene rings is 1. The number of halogens is 1. The van der Waals surface area contributed by atoms with Gasteiger partial charge in [-0.15, -0.1) is 21.5 Å². The van der Waals surface area contributed by atoms with Crippen molar-refractivity contribution in [2.24, 2.45) is 0 Å². The van der Waals surface area contributed by atoms with Crippen LogP contribution in [-0.4, -0.2) is 42.7 Å². The van der Waals surface area contributed by atoms with Crippen molar-refractivity contribution in [2.45, 2.75) is 33.0 Å². The van der Waals surface area contributed by atoms with Crippen LogP contribution >= 0.6 is 11.3 Å². The number of benzene rings is 1. The number of fused-ring (bicyclic) bond motifs is 2. The Morgan fingerprint density at radius 1 is 1.31 bits per heavy atom. The molecule has 4 rings (SSSR count). The molecule has 0 fully saturated rings. The van der Waals surface area contributed by atoms with E-state index >= 15 is 0 Å². The number of aryl methyl sites for hydroxylation is 2. The summed E-state index contributed by atoms with van der Waals surface area (Å²) in [4.78, 5) is 26.5. The molecule has 1 unspecified atom stereocenters. The summed E-state index contributed by atoms with van der Waals surface area (Å²) >= 11 is 1.17. The van der Waals surface area contributed by atoms with E-state index in [-0.39, 0.29) is 18.9 Å². The molecule has 1 atom stereocenters. The second-order valence-electron chi connectivity index (χ2n) is 6.23. The lowest BCUT2D eigenvalue weighted by molar-refractivity contribution is -0.143. The van der Waals surface area contributed by atoms with Gasteiger partial charge in [0.25, 0.3) is 5.91 Å². The minimum atomic E-state index is -1.10. The number of nitrogens with zero attached hydrogens (tertiary/aromatic N) is 4. The molecule has 7 nitrogen and oxygen atoms in total. The van der Waals surface area contributed by atoms with Crippen molar-refractivity contribution in [1.82, 2.24) is 19.7 Å². The first kappa shape index (κ1) is 16.6. The van der Waals surface area contributed by atoms with Crippen LogP contribution in [0.25, 0.3) is 10.1 Å². The van der Waals surface area contributed by atoms with Gasteiger partial charge in [-0.3, -0.25) is 4.79 Å². The van der Waals surface area contributed by atoms with Crippen LogP contribution in [0.3, 0.4) is 0 Å². The number of amides is 1. The molecule has 2 aromatic heterocycles. The number of carboxylic acids is 1. The number of carbonyl (C=O) groups is 2. The fourth-order valence-corrected chi connectivity index (χ4v) is 4.50. The standard InChI is InChI=1S/C17H15FN4O3S/c1-8-14-10(18)4-3-5-12(14)26-15(8)16(23)22-7-13-20-19-9(2)21(13)6-11(22)17(24)25/h3-5,11H,6-7H2,1-2H3,(H,24,25). The van der Waals surface area contributed by atoms with Crippen molar-refractivity contribution < 1.29 is 19.1 Å². The molecule has 3 aromatic rings. The van der Waals surface area contributed by atoms with Crippen molar-refractivity contribution >= 4 is 33.3 Å². The third-order valence-corrected chi connectivity index (χ3v) is 5.94. The predicted molar refractivity (Wildman–Crippen MR) is 92.6 cm³/mol. The number of carboxylic acid groups (broad SMARTS) is 1. The monoisotopic (exact) mass is 374 g/mol. The summed E-state index contributed by atoms with van der Waals surface area (Å²) in [6, 6.07) is 3.66. The summed E-state index contributed by atoms with van der Waals surface area (Å²) in [5, 5.41) is 18.0. The Balaban J connectivity index is 1.79. The zero-order valence-corrected chi connectivity index (χ0v) is 14.9. The second-order valence-corrected chi connectivity index (χ2v) is 7.28. The van der Waals surface area contributed by atoms with Gasteiger partial charge in [-0.05, 0) is 31.5 Å². The van der Waals surface area contributed by atoms with Crippen LogP contribution in [-0.2, 0) is 17.9 Å². The Hall–Kier alpha value is -2.81. The van der Waals surface area contributed by atoms with Crippen molar-refractivity contribution in [2.75, 3.05) is 0 Å². The van der Waals surface area contributed by atoms with Crippen LogP contribution < -0.4 is 0 Å². The Kier molecular flexibility index (Phi) is 3.76. The smallest absolute Gasteiger partial charge is 0.328 e. The van der Waals surface area contributed by atoms with Gasteiger partial charge in [0.15, 0.2) is 5.82 Å². The minimum absolute atomic E-state index is 0.0484. The Morgan fingerprint density at radius 3 is 2.77 bits per heavy atom. The molecular weight excluding hydrogens is 359 g/mol. The molecule has 0 spiro atoms. The Labute approximate surface area is 151 Å². The fourth-order valence-electron chi connectivity index (χ4n) is 3.33. The molecule has 134 valence electrons. The minimum Gasteiger partial charge on any atom is -0.480 e. The van der Waals surface area contributed by atoms with Crippen molar-refractivity contribution in [3.8, 4) is 0 Å². The van der Waals surface area contributed by atoms with E-state index in [0.29, 0.717) is 32.2 Å². The molecule has 0 bridgehead atoms. The van der Waals surface area contributed by atoms with E-state index in [0.717, 1.165) is 0 Å². The molecule has 1 N–H and O–H groups in total. The third-order valence-electron chi connectivity index (χ3n) is 4.70. The summed E-state index contributed by atoms with van der Waals surface area (Å²) < 4.78 is 16.5. The van der Waals surface area contributed by atoms with Gasteiger partial charge in [0, 0.05) is 10.1 Å². The molecule has 0 aliphatic carbocycles. The number of aromatic nitrogens is 3. The maximum Gasteiger partial charge on any atom is 0.328 e. The highest BCUT2D eigenvalue weighted by molar-refractivity contribution is 7.21. The van der Waals surface area contributed by atoms with E-state index in [2.05, 4.69) is 10.2 Å². The van der Waals surface area contributed by atoms with Gasteiger partial charge in [-0.25, -0.2) is 9.18 Å². The topological polar surface area (TPSA) is 88.3 Å². The van der Waals surface area contributed by atoms with E-state index in [9.17, 15) is 19.1 Å². The van der Waals surface area contributed by atoms with E-state index in [1.165, 1.54) is 22.3 Å². The Bertz CT molecular complexity index is 1060. The van der Waals surface area contributed by atoms with E-state index in [1.54, 1.807) is 30.5 Å². The van der Waals surface area contributed by atoms with Crippen LogP contribution in [0.4, 0.5) is 4.39 Å². The molecule has 0 radical (unpaired) electrons. The maximum absolute atomic E-state index is 14.1. The van der Waals surface area contributed by atoms with Gasteiger partial charge in [0.2, 0.25) is 0 Å². The van der Waals surface area contributed by atoms with Gasteiger partial charge < -0.3 is 14.6 Å². The lowest BCUT2D eigenvalue weighted by atomic mass is 10.1. The molecule has 1 aliphatic heterocycles. The third kappa shape index (κ3) is 2.38. The van der Waals surface area contributed by atoms with E-state index in [4.69, 9.17) is 0 Å². The molecule has 1 aliphatic rings. The molecule has 9 heteroatoms. The van der Waals surface area contributed by atoms with Crippen LogP contribution in [0.5, 0.6) is 0 Å². The van der Waals surface area contributed by atoms with Gasteiger partial charge in [0.05, 0.1) is 18.0 Å². The fraction of sp³-hybridized carbons (Fsp3) is 0.294. The van der Waals surface area contributed by atoms with Crippen LogP contribution in [0, 0.1) is 19.7 Å². The van der Waals surface area contributed by atoms with Gasteiger partial charge in [-0.1, -0.05) is 6.07 Å². The van der Waals surface area contributed by atoms with Crippen molar-refractivity contribution in [3.63, 3.8) is 0 Å². The van der Waals surface area contributed by atoms with E-state index < -0.39 is 17.9 Å². The van der Waals surface area contributed by atoms with Crippen LogP contribution in [0.15, 0.2) is 18.2 Å². The molecule has 0 saturated carbocycles. The summed E-state index contributed by atoms with van der Waals surface area (Å²) in [6.45, 7) is 3.56. The molecule has 1 aromatic carbocycles. The normalized spacial score (nSPS) is 16.7. The number of rotatable bonds is 2. The summed E-state index contributed by atoms with van der Waals surface area (Å²) in [7, 11) is 0. The zero-order valence-electron chi connectivity index (χ0n) is 14.1. The lowest BCUT2D eigenvalue weighted by Crippen LogP contribution is -2.50. The number of hydrogen-bond acceptors (Lipinski definition) is 5. The SMILES string of the molecule is Cc1c(C(=O)N2Cc3nnc(C)n3CC2C(=O)O)sc2cccc(F)c12. The van der Waals surface area contributed by atoms with Gasteiger partial charge in [-0.2, -0.15) is 0 Å². The highest BCUT2D eigenvalue weighted by Crippen LogP contribution is 2.34. The first-order valence-corrected chi connectivity index (χ1v) is 8.80. The van der Waals surface area contributed by atoms with Gasteiger partial charge >= 0.3 is 5.97 Å². The predicted octanol–water partition coefficient (Wildman–Crippen LogP) is 2.36. The largest absolute Gasteiger partial charge is 0.480 e. The summed E-state index contributed by atoms with van der Waals surface area (Å²) in [5.74, 6) is -0.764.